The number of aliphatic hydroxyl groups excluding tert-OH is 3. The molecule has 456 valence electrons. The van der Waals surface area contributed by atoms with E-state index in [1.54, 1.807) is 32.9 Å². The van der Waals surface area contributed by atoms with E-state index in [1.807, 2.05) is 20.8 Å². The van der Waals surface area contributed by atoms with E-state index in [1.165, 1.54) is 18.6 Å². The summed E-state index contributed by atoms with van der Waals surface area (Å²) in [6.07, 6.45) is 21.8. The molecule has 0 bridgehead atoms. The lowest BCUT2D eigenvalue weighted by Crippen LogP contribution is -2.59. The Morgan fingerprint density at radius 1 is 0.429 bits per heavy atom. The zero-order valence-electron chi connectivity index (χ0n) is 49.9. The lowest BCUT2D eigenvalue weighted by molar-refractivity contribution is -0.157. The average molecular weight is 1160 g/mol. The number of rotatable bonds is 6. The molecule has 12 rings (SSSR count). The third-order valence-corrected chi connectivity index (χ3v) is 20.9. The van der Waals surface area contributed by atoms with Gasteiger partial charge in [0.2, 0.25) is 0 Å². The molecule has 0 unspecified atom stereocenters. The second-order valence-corrected chi connectivity index (χ2v) is 28.0. The Kier molecular flexibility index (Phi) is 17.4. The number of hydrogen-bond donors (Lipinski definition) is 9. The van der Waals surface area contributed by atoms with Gasteiger partial charge in [0.15, 0.2) is 0 Å². The van der Waals surface area contributed by atoms with E-state index in [-0.39, 0.29) is 36.4 Å². The van der Waals surface area contributed by atoms with Crippen LogP contribution in [0.4, 0.5) is 34.5 Å². The van der Waals surface area contributed by atoms with Gasteiger partial charge in [-0.1, -0.05) is 20.8 Å². The molecule has 3 spiro atoms. The summed E-state index contributed by atoms with van der Waals surface area (Å²) in [7, 11) is 0. The first-order chi connectivity index (χ1) is 39.8. The van der Waals surface area contributed by atoms with Gasteiger partial charge in [0.25, 0.3) is 0 Å². The first kappa shape index (κ1) is 60.7. The van der Waals surface area contributed by atoms with Gasteiger partial charge in [-0.05, 0) is 223 Å². The van der Waals surface area contributed by atoms with Crippen molar-refractivity contribution in [2.75, 3.05) is 52.8 Å². The fourth-order valence-electron chi connectivity index (χ4n) is 16.4. The molecule has 6 amide bonds. The molecule has 0 radical (unpaired) electrons. The van der Waals surface area contributed by atoms with Crippen molar-refractivity contribution in [1.82, 2.24) is 29.7 Å². The van der Waals surface area contributed by atoms with Crippen molar-refractivity contribution in [2.24, 2.45) is 51.8 Å². The highest BCUT2D eigenvalue weighted by Gasteiger charge is 2.58. The summed E-state index contributed by atoms with van der Waals surface area (Å²) < 4.78 is 0. The number of carbonyl (C=O) groups excluding carboxylic acids is 6. The van der Waals surface area contributed by atoms with Crippen LogP contribution in [0.1, 0.15) is 153 Å². The molecule has 6 saturated carbocycles. The first-order valence-corrected chi connectivity index (χ1v) is 30.9. The molecule has 6 atom stereocenters. The number of nitrogens with zero attached hydrogens (tertiary/aromatic N) is 6. The summed E-state index contributed by atoms with van der Waals surface area (Å²) in [5, 5.41) is 37.0. The van der Waals surface area contributed by atoms with Crippen LogP contribution in [0.3, 0.4) is 0 Å². The number of aliphatic hydroxyl groups is 3. The fourth-order valence-corrected chi connectivity index (χ4v) is 16.4. The highest BCUT2D eigenvalue weighted by Crippen LogP contribution is 2.63. The zero-order valence-corrected chi connectivity index (χ0v) is 49.9. The molecule has 3 saturated heterocycles. The van der Waals surface area contributed by atoms with Crippen molar-refractivity contribution < 1.29 is 44.1 Å². The lowest BCUT2D eigenvalue weighted by Gasteiger charge is -2.60. The van der Waals surface area contributed by atoms with Crippen LogP contribution in [0.2, 0.25) is 0 Å². The maximum Gasteiger partial charge on any atom is 0.313 e. The molecular formula is C63H90N12O9. The molecule has 9 fully saturated rings. The number of piperidine rings is 3. The minimum absolute atomic E-state index is 0.129. The number of aryl methyl sites for hydroxylation is 3. The van der Waals surface area contributed by atoms with Gasteiger partial charge in [-0.15, -0.1) is 0 Å². The SMILES string of the molecule is Cc1cc(NC(=O)C(=O)N2C[C@@H](C)CC[C@@H]2C2CC3(CC(O)C3)C2)cnc1N.Cc1cc(NC(=O)C(=O)N2C[C@@H](C)CC[C@@H]2C2CC3(CC(O)C3)C2)cnc1N.Cc1cc(NC(=O)C(=O)N2C[C@H](C)CC[C@H]2C2CC3(CC(O)C3)C2)cnc1N. The number of nitrogens with two attached hydrogens (primary N) is 3. The predicted molar refractivity (Wildman–Crippen MR) is 319 cm³/mol. The summed E-state index contributed by atoms with van der Waals surface area (Å²) in [6.45, 7) is 13.7. The summed E-state index contributed by atoms with van der Waals surface area (Å²) >= 11 is 0. The predicted octanol–water partition coefficient (Wildman–Crippen LogP) is 6.27. The van der Waals surface area contributed by atoms with E-state index in [4.69, 9.17) is 17.2 Å². The van der Waals surface area contributed by atoms with Crippen LogP contribution in [-0.4, -0.2) is 136 Å². The van der Waals surface area contributed by atoms with Crippen molar-refractivity contribution >= 4 is 70.0 Å². The van der Waals surface area contributed by atoms with E-state index in [0.29, 0.717) is 106 Å². The zero-order chi connectivity index (χ0) is 60.2. The van der Waals surface area contributed by atoms with Gasteiger partial charge in [0.05, 0.1) is 54.0 Å². The topological polar surface area (TPSA) is 326 Å². The van der Waals surface area contributed by atoms with E-state index in [9.17, 15) is 44.1 Å². The van der Waals surface area contributed by atoms with Crippen LogP contribution in [0.25, 0.3) is 0 Å². The van der Waals surface area contributed by atoms with Gasteiger partial charge < -0.3 is 63.2 Å². The van der Waals surface area contributed by atoms with Gasteiger partial charge in [0.1, 0.15) is 17.5 Å². The molecule has 12 N–H and O–H groups in total. The van der Waals surface area contributed by atoms with E-state index < -0.39 is 35.4 Å². The molecule has 9 aliphatic rings. The molecule has 0 aromatic carbocycles. The highest BCUT2D eigenvalue weighted by atomic mass is 16.3. The van der Waals surface area contributed by atoms with Gasteiger partial charge >= 0.3 is 35.4 Å². The standard InChI is InChI=1S/3C21H30N4O3/c3*1-12-3-4-17(14-6-21(7-14)8-16(26)9-21)25(11-12)20(28)19(27)24-15-5-13(2)18(22)23-10-15/h3*5,10,12,14,16-17,26H,3-4,6-9,11H2,1-2H3,(H2,22,23)(H,24,27)/t3*12-,14?,16?,17+,21?/m100/s1. The minimum atomic E-state index is -0.613. The van der Waals surface area contributed by atoms with Crippen LogP contribution in [-0.2, 0) is 28.8 Å². The minimum Gasteiger partial charge on any atom is -0.393 e. The van der Waals surface area contributed by atoms with Gasteiger partial charge in [-0.2, -0.15) is 0 Å². The molecule has 6 aliphatic carbocycles. The van der Waals surface area contributed by atoms with Crippen LogP contribution in [0.15, 0.2) is 36.8 Å². The average Bonchev–Trinajstić information content (AvgIpc) is 1.08. The van der Waals surface area contributed by atoms with Crippen molar-refractivity contribution in [1.29, 1.82) is 0 Å². The maximum atomic E-state index is 13.0. The number of anilines is 6. The molecule has 21 heteroatoms. The highest BCUT2D eigenvalue weighted by molar-refractivity contribution is 6.40. The van der Waals surface area contributed by atoms with Gasteiger partial charge in [-0.25, -0.2) is 15.0 Å². The third kappa shape index (κ3) is 13.0. The van der Waals surface area contributed by atoms with Crippen molar-refractivity contribution in [3.05, 3.63) is 53.5 Å². The second kappa shape index (κ2) is 24.1. The normalized spacial score (nSPS) is 34.5. The number of nitrogens with one attached hydrogen (secondary N) is 3. The van der Waals surface area contributed by atoms with Gasteiger partial charge in [0, 0.05) is 37.8 Å². The van der Waals surface area contributed by atoms with Gasteiger partial charge in [-0.3, -0.25) is 28.8 Å². The monoisotopic (exact) mass is 1160 g/mol. The van der Waals surface area contributed by atoms with Crippen LogP contribution >= 0.6 is 0 Å². The van der Waals surface area contributed by atoms with E-state index >= 15 is 0 Å². The Morgan fingerprint density at radius 2 is 0.667 bits per heavy atom. The Labute approximate surface area is 493 Å². The summed E-state index contributed by atoms with van der Waals surface area (Å²) in [5.74, 6) is 0.537. The molecule has 3 aliphatic heterocycles. The van der Waals surface area contributed by atoms with Crippen molar-refractivity contribution in [3.63, 3.8) is 0 Å². The third-order valence-electron chi connectivity index (χ3n) is 20.9. The van der Waals surface area contributed by atoms with Crippen LogP contribution in [0, 0.1) is 72.5 Å². The van der Waals surface area contributed by atoms with Crippen molar-refractivity contribution in [3.8, 4) is 0 Å². The Balaban J connectivity index is 0.000000140. The number of carbonyl (C=O) groups is 6. The number of hydrogen-bond acceptors (Lipinski definition) is 15. The number of aromatic nitrogens is 3. The quantitative estimate of drug-likeness (QED) is 0.123. The van der Waals surface area contributed by atoms with E-state index in [0.717, 1.165) is 132 Å². The second-order valence-electron chi connectivity index (χ2n) is 28.0. The Hall–Kier alpha value is -6.45. The first-order valence-electron chi connectivity index (χ1n) is 30.9. The summed E-state index contributed by atoms with van der Waals surface area (Å²) in [4.78, 5) is 94.3. The maximum absolute atomic E-state index is 13.0. The number of nitrogen functional groups attached to an aromatic ring is 3. The largest absolute Gasteiger partial charge is 0.393 e. The van der Waals surface area contributed by atoms with Crippen LogP contribution < -0.4 is 33.2 Å². The summed E-state index contributed by atoms with van der Waals surface area (Å²) in [6, 6.07) is 5.56. The molecule has 3 aromatic heterocycles. The summed E-state index contributed by atoms with van der Waals surface area (Å²) in [5.41, 5.74) is 21.8. The number of pyridine rings is 3. The number of amides is 6. The molecule has 21 nitrogen and oxygen atoms in total. The number of likely N-dealkylation sites (tertiary alicyclic amines) is 3. The van der Waals surface area contributed by atoms with E-state index in [2.05, 4.69) is 51.7 Å². The molecule has 84 heavy (non-hydrogen) atoms. The van der Waals surface area contributed by atoms with Crippen LogP contribution in [0.5, 0.6) is 0 Å². The fraction of sp³-hybridized carbons (Fsp3) is 0.667. The smallest absolute Gasteiger partial charge is 0.313 e. The Morgan fingerprint density at radius 3 is 0.881 bits per heavy atom. The molecular weight excluding hydrogens is 1070 g/mol. The molecule has 3 aromatic rings. The molecule has 6 heterocycles. The Bertz CT molecular complexity index is 2660. The lowest BCUT2D eigenvalue weighted by atomic mass is 9.49. The van der Waals surface area contributed by atoms with Crippen molar-refractivity contribution in [2.45, 2.75) is 194 Å².